The number of nitrogens with two attached hydrogens (primary N) is 1. The molecule has 47 heteroatoms. The van der Waals surface area contributed by atoms with Crippen LogP contribution in [0.3, 0.4) is 0 Å². The largest absolute Gasteiger partial charge is 0.491 e. The van der Waals surface area contributed by atoms with Gasteiger partial charge in [0.15, 0.2) is 31.4 Å². The molecule has 0 aliphatic heterocycles. The molecule has 7 amide bonds. The van der Waals surface area contributed by atoms with Crippen LogP contribution in [0.15, 0.2) is 19.9 Å². The molecule has 0 spiro atoms. The Morgan fingerprint density at radius 1 is 0.554 bits per heavy atom. The van der Waals surface area contributed by atoms with Crippen molar-refractivity contribution < 1.29 is 105 Å². The Bertz CT molecular complexity index is 2870. The minimum Gasteiger partial charge on any atom is -0.380 e. The molecule has 4 rings (SSSR count). The number of rotatable bonds is 13. The van der Waals surface area contributed by atoms with E-state index in [-0.39, 0.29) is 117 Å². The number of nitrogens with zero attached hydrogens (tertiary/aromatic N) is 6. The molecule has 0 aliphatic rings. The van der Waals surface area contributed by atoms with Gasteiger partial charge in [-0.25, -0.2) is 29.5 Å². The topological polar surface area (TPSA) is 336 Å². The van der Waals surface area contributed by atoms with E-state index in [2.05, 4.69) is 113 Å². The maximum absolute atomic E-state index is 12.2. The van der Waals surface area contributed by atoms with Gasteiger partial charge in [-0.1, -0.05) is 41.0 Å². The highest BCUT2D eigenvalue weighted by Gasteiger charge is 2.49. The first-order chi connectivity index (χ1) is 40.2. The maximum atomic E-state index is 12.2. The standard InChI is InChI=1S/C9H9BrF3N3O2S.C9H10F3N3O2S.C7H11N3OS.C6H7ClN2OS.C4F6O3.C3H4Cl2O.C3H6N2OS.4CH4.Br2/c1-4(17)14-8-15-5(6(10)19-8)3-16(2)7(18)9(11,12)13;1-5(16)13-8-14-6(4-18-8)3-15(2)7(17)9(10,11)12;1-5(11)9-7-10-6(3-8-2)4-12-7;1-4(10)8-6-9-5(2-7)3-11-6;5-3(6,7)1(11)13-2(12)4(8,9)10;4-1-3(6)2-5;1-2(6)5-3(4)7;;;;;1-2/h3H2,1-2H3,(H,14,15,17);4H,3H2,1-2H3,(H,13,14,16);4,8H,3H2,1-2H3,(H,9,10,11);3H,2H2,1H3,(H,8,9,10);;1-2H2;1H3,(H3,4,5,6,7);4*1H4;. The number of anilines is 4. The number of hydrogen-bond acceptors (Lipinski definition) is 21. The number of esters is 2. The van der Waals surface area contributed by atoms with Gasteiger partial charge in [0.2, 0.25) is 29.5 Å². The Labute approximate surface area is 579 Å². The summed E-state index contributed by atoms with van der Waals surface area (Å²) in [5.74, 6) is -11.0. The van der Waals surface area contributed by atoms with E-state index in [1.54, 1.807) is 0 Å². The fourth-order valence-electron chi connectivity index (χ4n) is 4.03. The van der Waals surface area contributed by atoms with E-state index in [1.165, 1.54) is 62.7 Å². The highest BCUT2D eigenvalue weighted by Crippen LogP contribution is 2.30. The summed E-state index contributed by atoms with van der Waals surface area (Å²) in [7, 11) is 3.92. The summed E-state index contributed by atoms with van der Waals surface area (Å²) in [6.07, 6.45) is -21.1. The number of thiocarbonyl (C=S) groups is 1. The minimum absolute atomic E-state index is 0. The molecule has 92 heavy (non-hydrogen) atoms. The SMILES string of the molecule is BrBr.C.C.C.C.CC(=O)NC(N)=S.CC(=O)Nc1nc(CCl)cs1.CC(=O)Nc1nc(CN(C)C(=O)C(F)(F)F)c(Br)s1.CC(=O)Nc1nc(CN(C)C(=O)C(F)(F)F)cs1.CNCc1csc(NC(C)=O)n1.O=C(CCl)CCl.O=C(OC(=O)C(F)(F)F)C(F)(F)F. The van der Waals surface area contributed by atoms with Crippen LogP contribution in [-0.4, -0.2) is 152 Å². The summed E-state index contributed by atoms with van der Waals surface area (Å²) in [4.78, 5) is 121. The fourth-order valence-corrected chi connectivity index (χ4v) is 8.37. The average molecular weight is 1700 g/mol. The van der Waals surface area contributed by atoms with Gasteiger partial charge in [-0.3, -0.25) is 38.4 Å². The number of halogens is 18. The zero-order chi connectivity index (χ0) is 69.7. The molecule has 24 nitrogen and oxygen atoms in total. The quantitative estimate of drug-likeness (QED) is 0.0215. The lowest BCUT2D eigenvalue weighted by molar-refractivity contribution is -0.221. The van der Waals surface area contributed by atoms with Crippen molar-refractivity contribution in [3.63, 3.8) is 0 Å². The minimum atomic E-state index is -5.62. The Kier molecular flexibility index (Phi) is 58.5. The third-order valence-corrected chi connectivity index (χ3v) is 12.3. The lowest BCUT2D eigenvalue weighted by atomic mass is 10.4. The summed E-state index contributed by atoms with van der Waals surface area (Å²) in [6, 6.07) is 0. The molecule has 8 N–H and O–H groups in total. The second kappa shape index (κ2) is 52.2. The van der Waals surface area contributed by atoms with Crippen molar-refractivity contribution in [3.8, 4) is 0 Å². The lowest BCUT2D eigenvalue weighted by Crippen LogP contribution is -2.38. The Morgan fingerprint density at radius 3 is 1.15 bits per heavy atom. The molecule has 0 saturated heterocycles. The van der Waals surface area contributed by atoms with Gasteiger partial charge in [-0.2, -0.15) is 52.7 Å². The van der Waals surface area contributed by atoms with Gasteiger partial charge in [-0.15, -0.1) is 68.8 Å². The predicted molar refractivity (Wildman–Crippen MR) is 346 cm³/mol. The van der Waals surface area contributed by atoms with Crippen molar-refractivity contribution in [2.24, 2.45) is 5.73 Å². The van der Waals surface area contributed by atoms with Gasteiger partial charge >= 0.3 is 48.5 Å². The van der Waals surface area contributed by atoms with Gasteiger partial charge < -0.3 is 52.2 Å². The molecule has 0 aromatic carbocycles. The lowest BCUT2D eigenvalue weighted by Gasteiger charge is -2.17. The molecular weight excluding hydrogens is 1630 g/mol. The number of nitrogens with one attached hydrogen (secondary N) is 6. The molecular formula is C45H63Br3Cl3F12N13O11S5. The van der Waals surface area contributed by atoms with Crippen LogP contribution in [0.2, 0.25) is 0 Å². The van der Waals surface area contributed by atoms with Crippen LogP contribution in [0.1, 0.15) is 87.1 Å². The number of carbonyl (C=O) groups is 10. The van der Waals surface area contributed by atoms with Crippen molar-refractivity contribution in [1.82, 2.24) is 40.4 Å². The van der Waals surface area contributed by atoms with Crippen LogP contribution in [0.25, 0.3) is 0 Å². The molecule has 0 unspecified atom stereocenters. The van der Waals surface area contributed by atoms with E-state index in [0.717, 1.165) is 54.7 Å². The zero-order valence-electron chi connectivity index (χ0n) is 45.6. The molecule has 4 heterocycles. The second-order valence-electron chi connectivity index (χ2n) is 14.9. The van der Waals surface area contributed by atoms with Crippen LogP contribution < -0.4 is 37.6 Å². The summed E-state index contributed by atoms with van der Waals surface area (Å²) in [6.45, 7) is 6.99. The van der Waals surface area contributed by atoms with E-state index in [4.69, 9.17) is 40.5 Å². The first-order valence-corrected chi connectivity index (χ1v) is 31.9. The monoisotopic (exact) mass is 1690 g/mol. The molecule has 0 bridgehead atoms. The molecule has 0 aliphatic carbocycles. The summed E-state index contributed by atoms with van der Waals surface area (Å²) in [5, 5.41) is 22.2. The van der Waals surface area contributed by atoms with Gasteiger partial charge in [0.05, 0.1) is 57.3 Å². The van der Waals surface area contributed by atoms with Crippen molar-refractivity contribution >= 4 is 221 Å². The fraction of sp³-hybridized carbons (Fsp3) is 0.489. The third kappa shape index (κ3) is 52.3. The number of hydrogen-bond donors (Lipinski definition) is 7. The highest BCUT2D eigenvalue weighted by molar-refractivity contribution is 9.93. The highest BCUT2D eigenvalue weighted by atomic mass is 80.9. The predicted octanol–water partition coefficient (Wildman–Crippen LogP) is 12.5. The smallest absolute Gasteiger partial charge is 0.380 e. The van der Waals surface area contributed by atoms with E-state index in [1.807, 2.05) is 17.8 Å². The first-order valence-electron chi connectivity index (χ1n) is 21.9. The zero-order valence-corrected chi connectivity index (χ0v) is 56.7. The molecule has 4 aromatic rings. The van der Waals surface area contributed by atoms with E-state index < -0.39 is 48.5 Å². The van der Waals surface area contributed by atoms with Gasteiger partial charge in [0, 0.05) is 99.7 Å². The van der Waals surface area contributed by atoms with Crippen LogP contribution in [0, 0.1) is 0 Å². The van der Waals surface area contributed by atoms with Crippen molar-refractivity contribution in [2.45, 2.75) is 115 Å². The number of alkyl halides is 15. The molecule has 0 radical (unpaired) electrons. The number of carbonyl (C=O) groups excluding carboxylic acids is 10. The first kappa shape index (κ1) is 103. The van der Waals surface area contributed by atoms with Crippen LogP contribution in [0.4, 0.5) is 73.2 Å². The molecule has 0 fully saturated rings. The van der Waals surface area contributed by atoms with Crippen LogP contribution in [0.5, 0.6) is 0 Å². The van der Waals surface area contributed by atoms with Gasteiger partial charge in [0.1, 0.15) is 0 Å². The van der Waals surface area contributed by atoms with Gasteiger partial charge in [0.25, 0.3) is 0 Å². The summed E-state index contributed by atoms with van der Waals surface area (Å²) >= 11 is 33.4. The Hall–Kier alpha value is -5.06. The van der Waals surface area contributed by atoms with Crippen molar-refractivity contribution in [1.29, 1.82) is 0 Å². The number of ketones is 1. The van der Waals surface area contributed by atoms with Gasteiger partial charge in [-0.05, 0) is 35.2 Å². The number of ether oxygens (including phenoxy) is 1. The molecule has 4 aromatic heterocycles. The Morgan fingerprint density at radius 2 is 0.880 bits per heavy atom. The average Bonchev–Trinajstić information content (AvgIpc) is 1.96. The van der Waals surface area contributed by atoms with E-state index in [0.29, 0.717) is 29.7 Å². The maximum Gasteiger partial charge on any atom is 0.491 e. The number of Topliss-reactive ketones (excluding diaryl/α,β-unsaturated/α-hetero) is 1. The van der Waals surface area contributed by atoms with Crippen molar-refractivity contribution in [3.05, 3.63) is 42.7 Å². The van der Waals surface area contributed by atoms with Crippen LogP contribution in [-0.2, 0) is 78.2 Å². The van der Waals surface area contributed by atoms with E-state index >= 15 is 0 Å². The summed E-state index contributed by atoms with van der Waals surface area (Å²) < 4.78 is 143. The second-order valence-corrected chi connectivity index (χ2v) is 21.0. The molecule has 530 valence electrons. The van der Waals surface area contributed by atoms with E-state index in [9.17, 15) is 101 Å². The van der Waals surface area contributed by atoms with Crippen LogP contribution >= 0.6 is 137 Å². The third-order valence-electron chi connectivity index (χ3n) is 7.14. The number of thiazole rings is 4. The normalized spacial score (nSPS) is 9.89. The number of amides is 7. The van der Waals surface area contributed by atoms with Crippen molar-refractivity contribution in [2.75, 3.05) is 54.2 Å². The Balaban J connectivity index is -0.000000151. The molecule has 0 saturated carbocycles. The number of aromatic nitrogens is 4. The molecule has 0 atom stereocenters. The summed E-state index contributed by atoms with van der Waals surface area (Å²) in [5.41, 5.74) is 7.16.